The number of halogens is 1. The second kappa shape index (κ2) is 7.68. The van der Waals surface area contributed by atoms with E-state index >= 15 is 0 Å². The highest BCUT2D eigenvalue weighted by Crippen LogP contribution is 2.22. The third-order valence-electron chi connectivity index (χ3n) is 2.55. The van der Waals surface area contributed by atoms with E-state index in [4.69, 9.17) is 16.9 Å². The molecule has 1 aromatic rings. The number of carbonyl (C=O) groups is 1. The second-order valence-corrected chi connectivity index (χ2v) is 6.14. The van der Waals surface area contributed by atoms with E-state index < -0.39 is 21.0 Å². The molecule has 0 aromatic heterocycles. The van der Waals surface area contributed by atoms with Crippen LogP contribution in [-0.4, -0.2) is 33.0 Å². The lowest BCUT2D eigenvalue weighted by Crippen LogP contribution is -2.37. The zero-order chi connectivity index (χ0) is 16.8. The van der Waals surface area contributed by atoms with E-state index in [1.165, 1.54) is 13.2 Å². The maximum atomic E-state index is 12.4. The van der Waals surface area contributed by atoms with Gasteiger partial charge in [-0.1, -0.05) is 29.8 Å². The van der Waals surface area contributed by atoms with Gasteiger partial charge < -0.3 is 9.47 Å². The van der Waals surface area contributed by atoms with E-state index in [1.54, 1.807) is 24.3 Å². The van der Waals surface area contributed by atoms with Gasteiger partial charge in [0.15, 0.2) is 4.91 Å². The fourth-order valence-corrected chi connectivity index (χ4v) is 2.85. The molecule has 0 radical (unpaired) electrons. The predicted molar refractivity (Wildman–Crippen MR) is 79.0 cm³/mol. The Bertz CT molecular complexity index is 724. The number of hydrogen-bond donors (Lipinski definition) is 0. The number of benzene rings is 1. The lowest BCUT2D eigenvalue weighted by Gasteiger charge is -2.20. The summed E-state index contributed by atoms with van der Waals surface area (Å²) in [5.74, 6) is 0. The summed E-state index contributed by atoms with van der Waals surface area (Å²) in [6.07, 6.45) is -0.408. The van der Waals surface area contributed by atoms with Crippen molar-refractivity contribution in [3.05, 3.63) is 46.0 Å². The summed E-state index contributed by atoms with van der Waals surface area (Å²) in [6, 6.07) is 7.87. The van der Waals surface area contributed by atoms with Gasteiger partial charge in [0.05, 0.1) is 20.8 Å². The fourth-order valence-electron chi connectivity index (χ4n) is 1.50. The maximum absolute atomic E-state index is 12.4. The molecule has 0 spiro atoms. The van der Waals surface area contributed by atoms with Crippen LogP contribution in [0.1, 0.15) is 5.56 Å². The average molecular weight is 345 g/mol. The average Bonchev–Trinajstić information content (AvgIpc) is 2.50. The van der Waals surface area contributed by atoms with Crippen molar-refractivity contribution < 1.29 is 22.7 Å². The van der Waals surface area contributed by atoms with Crippen molar-refractivity contribution in [2.75, 3.05) is 14.2 Å². The summed E-state index contributed by atoms with van der Waals surface area (Å²) in [4.78, 5) is 11.1. The number of carbonyl (C=O) groups excluding carboxylic acids is 1. The van der Waals surface area contributed by atoms with Gasteiger partial charge >= 0.3 is 6.09 Å². The Morgan fingerprint density at radius 1 is 1.41 bits per heavy atom. The number of amides is 1. The molecule has 0 aliphatic heterocycles. The third kappa shape index (κ3) is 3.90. The summed E-state index contributed by atoms with van der Waals surface area (Å²) in [5.41, 5.74) is 0.382. The predicted octanol–water partition coefficient (Wildman–Crippen LogP) is 2.25. The van der Waals surface area contributed by atoms with E-state index in [0.29, 0.717) is 9.87 Å². The molecule has 0 saturated heterocycles. The normalized spacial score (nSPS) is 11.5. The van der Waals surface area contributed by atoms with E-state index in [1.807, 2.05) is 0 Å². The lowest BCUT2D eigenvalue weighted by atomic mass is 10.2. The summed E-state index contributed by atoms with van der Waals surface area (Å²) in [6.45, 7) is -0.378. The summed E-state index contributed by atoms with van der Waals surface area (Å²) < 4.78 is 34.2. The van der Waals surface area contributed by atoms with Crippen molar-refractivity contribution in [3.8, 4) is 6.07 Å². The van der Waals surface area contributed by atoms with Crippen LogP contribution >= 0.6 is 11.6 Å². The Balaban J connectivity index is 3.31. The highest BCUT2D eigenvalue weighted by molar-refractivity contribution is 7.93. The number of methoxy groups -OCH3 is 2. The molecule has 0 aliphatic rings. The fraction of sp³-hybridized carbons (Fsp3) is 0.231. The standard InChI is InChI=1S/C13H13ClN2O5S/c1-20-9-11(7-15)22(18,19)16(13(17)21-2)8-10-5-3-4-6-12(10)14/h3-6,9H,8H2,1-2H3. The quantitative estimate of drug-likeness (QED) is 0.600. The highest BCUT2D eigenvalue weighted by atomic mass is 35.5. The van der Waals surface area contributed by atoms with Gasteiger partial charge in [0.25, 0.3) is 10.0 Å². The summed E-state index contributed by atoms with van der Waals surface area (Å²) in [7, 11) is -2.21. The zero-order valence-electron chi connectivity index (χ0n) is 11.8. The molecule has 0 saturated carbocycles. The van der Waals surface area contributed by atoms with Gasteiger partial charge in [-0.3, -0.25) is 0 Å². The SMILES string of the molecule is COC=C(C#N)S(=O)(=O)N(Cc1ccccc1Cl)C(=O)OC. The number of rotatable bonds is 5. The van der Waals surface area contributed by atoms with Crippen molar-refractivity contribution in [1.29, 1.82) is 5.26 Å². The van der Waals surface area contributed by atoms with Gasteiger partial charge in [0, 0.05) is 5.02 Å². The first-order valence-electron chi connectivity index (χ1n) is 5.85. The van der Waals surface area contributed by atoms with Crippen molar-refractivity contribution in [2.45, 2.75) is 6.54 Å². The molecule has 0 unspecified atom stereocenters. The topological polar surface area (TPSA) is 96.7 Å². The van der Waals surface area contributed by atoms with Crippen molar-refractivity contribution >= 4 is 27.7 Å². The third-order valence-corrected chi connectivity index (χ3v) is 4.52. The van der Waals surface area contributed by atoms with Crippen LogP contribution in [0.25, 0.3) is 0 Å². The number of nitrogens with zero attached hydrogens (tertiary/aromatic N) is 2. The molecule has 0 fully saturated rings. The largest absolute Gasteiger partial charge is 0.502 e. The minimum Gasteiger partial charge on any atom is -0.502 e. The number of sulfonamides is 1. The van der Waals surface area contributed by atoms with Gasteiger partial charge in [-0.25, -0.2) is 4.79 Å². The van der Waals surface area contributed by atoms with Crippen LogP contribution in [0.3, 0.4) is 0 Å². The summed E-state index contributed by atoms with van der Waals surface area (Å²) >= 11 is 5.96. The maximum Gasteiger partial charge on any atom is 0.423 e. The Labute approximate surface area is 133 Å². The van der Waals surface area contributed by atoms with Crippen molar-refractivity contribution in [3.63, 3.8) is 0 Å². The molecular formula is C13H13ClN2O5S. The number of allylic oxidation sites excluding steroid dienone is 1. The van der Waals surface area contributed by atoms with E-state index in [0.717, 1.165) is 13.4 Å². The van der Waals surface area contributed by atoms with Crippen molar-refractivity contribution in [1.82, 2.24) is 4.31 Å². The first-order valence-corrected chi connectivity index (χ1v) is 7.67. The molecule has 7 nitrogen and oxygen atoms in total. The monoisotopic (exact) mass is 344 g/mol. The number of ether oxygens (including phenoxy) is 2. The second-order valence-electron chi connectivity index (χ2n) is 3.90. The minimum absolute atomic E-state index is 0.279. The van der Waals surface area contributed by atoms with Crippen LogP contribution in [0.2, 0.25) is 5.02 Å². The smallest absolute Gasteiger partial charge is 0.423 e. The Morgan fingerprint density at radius 2 is 2.05 bits per heavy atom. The zero-order valence-corrected chi connectivity index (χ0v) is 13.4. The van der Waals surface area contributed by atoms with E-state index in [9.17, 15) is 13.2 Å². The van der Waals surface area contributed by atoms with Crippen LogP contribution in [-0.2, 0) is 26.0 Å². The van der Waals surface area contributed by atoms with Gasteiger partial charge in [-0.05, 0) is 11.6 Å². The molecule has 9 heteroatoms. The number of hydrogen-bond acceptors (Lipinski definition) is 6. The van der Waals surface area contributed by atoms with Gasteiger partial charge in [0.1, 0.15) is 12.3 Å². The van der Waals surface area contributed by atoms with Gasteiger partial charge in [-0.2, -0.15) is 18.0 Å². The molecule has 0 N–H and O–H groups in total. The van der Waals surface area contributed by atoms with Crippen LogP contribution in [0.4, 0.5) is 4.79 Å². The molecule has 1 rings (SSSR count). The molecule has 118 valence electrons. The Morgan fingerprint density at radius 3 is 2.55 bits per heavy atom. The highest BCUT2D eigenvalue weighted by Gasteiger charge is 2.33. The first kappa shape index (κ1) is 17.8. The van der Waals surface area contributed by atoms with Crippen LogP contribution in [0.5, 0.6) is 0 Å². The van der Waals surface area contributed by atoms with E-state index in [2.05, 4.69) is 9.47 Å². The summed E-state index contributed by atoms with van der Waals surface area (Å²) in [5, 5.41) is 9.21. The van der Waals surface area contributed by atoms with Crippen LogP contribution in [0.15, 0.2) is 35.4 Å². The first-order chi connectivity index (χ1) is 10.4. The molecule has 1 amide bonds. The Hall–Kier alpha value is -2.24. The number of nitriles is 1. The Kier molecular flexibility index (Phi) is 6.22. The van der Waals surface area contributed by atoms with Crippen LogP contribution < -0.4 is 0 Å². The molecule has 0 heterocycles. The molecule has 0 aliphatic carbocycles. The van der Waals surface area contributed by atoms with Crippen LogP contribution in [0, 0.1) is 11.3 Å². The lowest BCUT2D eigenvalue weighted by molar-refractivity contribution is 0.148. The minimum atomic E-state index is -4.43. The molecule has 0 bridgehead atoms. The molecular weight excluding hydrogens is 332 g/mol. The van der Waals surface area contributed by atoms with Gasteiger partial charge in [-0.15, -0.1) is 0 Å². The van der Waals surface area contributed by atoms with E-state index in [-0.39, 0.29) is 11.6 Å². The molecule has 1 aromatic carbocycles. The molecule has 0 atom stereocenters. The van der Waals surface area contributed by atoms with Gasteiger partial charge in [0.2, 0.25) is 0 Å². The molecule has 22 heavy (non-hydrogen) atoms. The van der Waals surface area contributed by atoms with Crippen molar-refractivity contribution in [2.24, 2.45) is 0 Å².